The highest BCUT2D eigenvalue weighted by molar-refractivity contribution is 8.23. The zero-order valence-corrected chi connectivity index (χ0v) is 34.1. The van der Waals surface area contributed by atoms with Crippen molar-refractivity contribution in [1.82, 2.24) is 4.90 Å². The number of hydrogen-bond donors (Lipinski definition) is 1. The van der Waals surface area contributed by atoms with Crippen molar-refractivity contribution >= 4 is 61.2 Å². The van der Waals surface area contributed by atoms with Crippen molar-refractivity contribution in [3.8, 4) is 0 Å². The standard InChI is InChI=1S/C38H61NO4S2Si2/c1-10-46(11-2,12-3)43-35(30(6)34(40)27-36(41)39-33(29(4)5)28-45-37(39)44)25-19-20-26-42-47(38(7,8)9,31-21-15-13-16-22-31)32-23-17-14-18-24-32/h13-18,21-24,29-30,33-35,40H,10-12,19-20,25-28H2,1-9H3/t30-,33+,34+,35-/m1/s1. The first-order chi connectivity index (χ1) is 22.3. The van der Waals surface area contributed by atoms with E-state index in [1.165, 1.54) is 10.4 Å². The lowest BCUT2D eigenvalue weighted by atomic mass is 9.92. The molecule has 0 aliphatic carbocycles. The monoisotopic (exact) mass is 715 g/mol. The van der Waals surface area contributed by atoms with E-state index >= 15 is 0 Å². The molecule has 0 unspecified atom stereocenters. The molecule has 2 aromatic carbocycles. The van der Waals surface area contributed by atoms with E-state index in [0.717, 1.165) is 43.1 Å². The van der Waals surface area contributed by atoms with E-state index in [2.05, 4.69) is 123 Å². The first-order valence-corrected chi connectivity index (χ1v) is 23.7. The van der Waals surface area contributed by atoms with E-state index in [9.17, 15) is 9.90 Å². The molecule has 0 aromatic heterocycles. The molecule has 1 aliphatic heterocycles. The van der Waals surface area contributed by atoms with E-state index in [1.54, 1.807) is 16.7 Å². The maximum atomic E-state index is 13.5. The summed E-state index contributed by atoms with van der Waals surface area (Å²) in [5.41, 5.74) is 0. The summed E-state index contributed by atoms with van der Waals surface area (Å²) in [5.74, 6) is 0.900. The Balaban J connectivity index is 1.76. The van der Waals surface area contributed by atoms with Crippen LogP contribution >= 0.6 is 24.0 Å². The molecule has 0 radical (unpaired) electrons. The Bertz CT molecular complexity index is 1210. The molecule has 0 saturated carbocycles. The maximum Gasteiger partial charge on any atom is 0.261 e. The van der Waals surface area contributed by atoms with Crippen LogP contribution in [0.5, 0.6) is 0 Å². The average Bonchev–Trinajstić information content (AvgIpc) is 3.46. The van der Waals surface area contributed by atoms with E-state index in [4.69, 9.17) is 21.1 Å². The zero-order chi connectivity index (χ0) is 34.8. The Kier molecular flexibility index (Phi) is 15.4. The molecule has 262 valence electrons. The van der Waals surface area contributed by atoms with Crippen molar-refractivity contribution in [1.29, 1.82) is 0 Å². The van der Waals surface area contributed by atoms with Crippen molar-refractivity contribution in [2.45, 2.75) is 129 Å². The van der Waals surface area contributed by atoms with Crippen LogP contribution in [0.2, 0.25) is 23.2 Å². The quantitative estimate of drug-likeness (QED) is 0.0951. The van der Waals surface area contributed by atoms with Crippen molar-refractivity contribution in [3.05, 3.63) is 60.7 Å². The molecule has 1 heterocycles. The molecule has 5 nitrogen and oxygen atoms in total. The number of aliphatic hydroxyl groups is 1. The van der Waals surface area contributed by atoms with Gasteiger partial charge in [0.15, 0.2) is 8.32 Å². The Hall–Kier alpha value is -1.34. The number of unbranched alkanes of at least 4 members (excludes halogenated alkanes) is 1. The summed E-state index contributed by atoms with van der Waals surface area (Å²) < 4.78 is 14.9. The van der Waals surface area contributed by atoms with Gasteiger partial charge in [-0.05, 0) is 58.7 Å². The largest absolute Gasteiger partial charge is 0.414 e. The number of carbonyl (C=O) groups excluding carboxylic acids is 1. The minimum absolute atomic E-state index is 0.0637. The normalized spacial score (nSPS) is 18.1. The number of rotatable bonds is 18. The van der Waals surface area contributed by atoms with Crippen LogP contribution in [-0.4, -0.2) is 67.5 Å². The molecule has 1 N–H and O–H groups in total. The Morgan fingerprint density at radius 1 is 0.957 bits per heavy atom. The van der Waals surface area contributed by atoms with Crippen molar-refractivity contribution in [3.63, 3.8) is 0 Å². The van der Waals surface area contributed by atoms with Gasteiger partial charge in [0.05, 0.1) is 18.6 Å². The number of aliphatic hydroxyl groups excluding tert-OH is 1. The zero-order valence-electron chi connectivity index (χ0n) is 30.5. The summed E-state index contributed by atoms with van der Waals surface area (Å²) >= 11 is 7.12. The smallest absolute Gasteiger partial charge is 0.261 e. The molecule has 3 rings (SSSR count). The van der Waals surface area contributed by atoms with Gasteiger partial charge in [-0.3, -0.25) is 9.69 Å². The van der Waals surface area contributed by atoms with Crippen LogP contribution in [0.4, 0.5) is 0 Å². The van der Waals surface area contributed by atoms with Gasteiger partial charge in [0.2, 0.25) is 5.91 Å². The van der Waals surface area contributed by atoms with Gasteiger partial charge in [-0.1, -0.05) is 147 Å². The van der Waals surface area contributed by atoms with Gasteiger partial charge < -0.3 is 14.0 Å². The minimum atomic E-state index is -2.59. The summed E-state index contributed by atoms with van der Waals surface area (Å²) in [4.78, 5) is 15.3. The second-order valence-corrected chi connectivity index (χ2v) is 25.4. The SMILES string of the molecule is CC[Si](CC)(CC)O[C@H](CCCCO[Si](c1ccccc1)(c1ccccc1)C(C)(C)C)[C@H](C)[C@@H](O)CC(=O)N1C(=S)SC[C@H]1C(C)C. The lowest BCUT2D eigenvalue weighted by Gasteiger charge is -2.43. The van der Waals surface area contributed by atoms with E-state index < -0.39 is 22.7 Å². The second kappa shape index (κ2) is 18.1. The summed E-state index contributed by atoms with van der Waals surface area (Å²) in [7, 11) is -4.55. The third kappa shape index (κ3) is 9.68. The lowest BCUT2D eigenvalue weighted by Crippen LogP contribution is -2.66. The van der Waals surface area contributed by atoms with E-state index in [-0.39, 0.29) is 35.4 Å². The third-order valence-corrected chi connectivity index (χ3v) is 21.7. The van der Waals surface area contributed by atoms with Crippen molar-refractivity contribution < 1.29 is 18.8 Å². The molecule has 47 heavy (non-hydrogen) atoms. The topological polar surface area (TPSA) is 59.0 Å². The van der Waals surface area contributed by atoms with Crippen LogP contribution in [0.25, 0.3) is 0 Å². The number of amides is 1. The Morgan fingerprint density at radius 3 is 1.96 bits per heavy atom. The first kappa shape index (κ1) is 40.1. The van der Waals surface area contributed by atoms with Crippen LogP contribution in [0.1, 0.15) is 88.0 Å². The Labute approximate surface area is 297 Å². The number of nitrogens with zero attached hydrogens (tertiary/aromatic N) is 1. The number of thioether (sulfide) groups is 1. The average molecular weight is 716 g/mol. The van der Waals surface area contributed by atoms with Crippen molar-refractivity contribution in [2.75, 3.05) is 12.4 Å². The Morgan fingerprint density at radius 2 is 1.49 bits per heavy atom. The summed E-state index contributed by atoms with van der Waals surface area (Å²) in [6, 6.07) is 24.8. The highest BCUT2D eigenvalue weighted by Crippen LogP contribution is 2.37. The van der Waals surface area contributed by atoms with E-state index in [1.807, 2.05) is 0 Å². The van der Waals surface area contributed by atoms with Crippen LogP contribution in [0.3, 0.4) is 0 Å². The fraction of sp³-hybridized carbons (Fsp3) is 0.632. The molecular weight excluding hydrogens is 655 g/mol. The maximum absolute atomic E-state index is 13.5. The number of carbonyl (C=O) groups is 1. The highest BCUT2D eigenvalue weighted by atomic mass is 32.2. The fourth-order valence-corrected chi connectivity index (χ4v) is 16.4. The fourth-order valence-electron chi connectivity index (χ4n) is 7.11. The van der Waals surface area contributed by atoms with Gasteiger partial charge in [-0.15, -0.1) is 0 Å². The number of hydrogen-bond acceptors (Lipinski definition) is 6. The molecule has 2 aromatic rings. The predicted octanol–water partition coefficient (Wildman–Crippen LogP) is 8.40. The molecular formula is C38H61NO4S2Si2. The van der Waals surface area contributed by atoms with E-state index in [0.29, 0.717) is 16.8 Å². The molecule has 1 aliphatic rings. The van der Waals surface area contributed by atoms with Gasteiger partial charge in [-0.2, -0.15) is 0 Å². The van der Waals surface area contributed by atoms with Gasteiger partial charge in [0.25, 0.3) is 8.32 Å². The molecule has 1 fully saturated rings. The van der Waals surface area contributed by atoms with Gasteiger partial charge in [-0.25, -0.2) is 0 Å². The summed E-state index contributed by atoms with van der Waals surface area (Å²) in [6.07, 6.45) is 1.83. The number of benzene rings is 2. The molecule has 1 saturated heterocycles. The third-order valence-electron chi connectivity index (χ3n) is 10.5. The van der Waals surface area contributed by atoms with Crippen LogP contribution in [-0.2, 0) is 13.6 Å². The molecule has 0 bridgehead atoms. The number of thiocarbonyl (C=S) groups is 1. The lowest BCUT2D eigenvalue weighted by molar-refractivity contribution is -0.132. The predicted molar refractivity (Wildman–Crippen MR) is 210 cm³/mol. The second-order valence-electron chi connectivity index (χ2n) is 14.7. The van der Waals surface area contributed by atoms with Crippen LogP contribution in [0, 0.1) is 11.8 Å². The molecule has 9 heteroatoms. The van der Waals surface area contributed by atoms with Gasteiger partial charge in [0.1, 0.15) is 4.32 Å². The first-order valence-electron chi connectivity index (χ1n) is 17.9. The van der Waals surface area contributed by atoms with Crippen molar-refractivity contribution in [2.24, 2.45) is 11.8 Å². The molecule has 1 amide bonds. The molecule has 4 atom stereocenters. The minimum Gasteiger partial charge on any atom is -0.414 e. The van der Waals surface area contributed by atoms with Gasteiger partial charge >= 0.3 is 0 Å². The summed E-state index contributed by atoms with van der Waals surface area (Å²) in [6.45, 7) is 20.7. The summed E-state index contributed by atoms with van der Waals surface area (Å²) in [5, 5.41) is 14.0. The van der Waals surface area contributed by atoms with Gasteiger partial charge in [0, 0.05) is 24.3 Å². The molecule has 0 spiro atoms. The van der Waals surface area contributed by atoms with Crippen LogP contribution < -0.4 is 10.4 Å². The van der Waals surface area contributed by atoms with Crippen LogP contribution in [0.15, 0.2) is 60.7 Å². The highest BCUT2D eigenvalue weighted by Gasteiger charge is 2.50.